The molecule has 1 rings (SSSR count). The minimum absolute atomic E-state index is 0.168. The van der Waals surface area contributed by atoms with E-state index < -0.39 is 0 Å². The first-order valence-electron chi connectivity index (χ1n) is 5.04. The lowest BCUT2D eigenvalue weighted by molar-refractivity contribution is 0.256. The van der Waals surface area contributed by atoms with Crippen LogP contribution in [0.5, 0.6) is 0 Å². The summed E-state index contributed by atoms with van der Waals surface area (Å²) in [7, 11) is 0. The molecule has 0 saturated carbocycles. The van der Waals surface area contributed by atoms with E-state index in [2.05, 4.69) is 25.7 Å². The lowest BCUT2D eigenvalue weighted by Crippen LogP contribution is -2.43. The summed E-state index contributed by atoms with van der Waals surface area (Å²) >= 11 is 0. The van der Waals surface area contributed by atoms with Crippen molar-refractivity contribution < 1.29 is 0 Å². The number of likely N-dealkylation sites (tertiary alicyclic amines) is 1. The van der Waals surface area contributed by atoms with Crippen LogP contribution in [0.2, 0.25) is 0 Å². The Bertz CT molecular complexity index is 198. The average molecular weight is 183 g/mol. The molecule has 0 aromatic rings. The monoisotopic (exact) mass is 183 g/mol. The molecule has 1 atom stereocenters. The van der Waals surface area contributed by atoms with E-state index >= 15 is 0 Å². The molecule has 1 fully saturated rings. The van der Waals surface area contributed by atoms with Crippen LogP contribution in [0.15, 0.2) is 0 Å². The molecule has 3 heteroatoms. The van der Waals surface area contributed by atoms with Gasteiger partial charge < -0.3 is 5.73 Å². The second-order valence-electron chi connectivity index (χ2n) is 4.76. The van der Waals surface area contributed by atoms with Crippen LogP contribution in [0.1, 0.15) is 33.6 Å². The van der Waals surface area contributed by atoms with Crippen molar-refractivity contribution >= 4 is 5.84 Å². The number of rotatable bonds is 3. The normalized spacial score (nSPS) is 24.5. The Morgan fingerprint density at radius 3 is 2.54 bits per heavy atom. The minimum atomic E-state index is 0.168. The van der Waals surface area contributed by atoms with Gasteiger partial charge in [-0.05, 0) is 24.8 Å². The molecule has 1 aliphatic rings. The van der Waals surface area contributed by atoms with Crippen LogP contribution in [0, 0.1) is 10.8 Å². The SMILES string of the molecule is CCC(C(=N)N)N1CCC(C)(C)C1. The smallest absolute Gasteiger partial charge is 0.108 e. The third-order valence-corrected chi connectivity index (χ3v) is 2.89. The topological polar surface area (TPSA) is 53.1 Å². The van der Waals surface area contributed by atoms with Crippen LogP contribution in [0.4, 0.5) is 0 Å². The molecule has 0 aromatic carbocycles. The third-order valence-electron chi connectivity index (χ3n) is 2.89. The Morgan fingerprint density at radius 2 is 2.23 bits per heavy atom. The molecule has 1 heterocycles. The van der Waals surface area contributed by atoms with Crippen molar-refractivity contribution in [2.24, 2.45) is 11.1 Å². The van der Waals surface area contributed by atoms with E-state index in [1.165, 1.54) is 6.42 Å². The highest BCUT2D eigenvalue weighted by Gasteiger charge is 2.33. The van der Waals surface area contributed by atoms with Crippen molar-refractivity contribution in [1.82, 2.24) is 4.90 Å². The summed E-state index contributed by atoms with van der Waals surface area (Å²) in [6.45, 7) is 8.81. The molecule has 13 heavy (non-hydrogen) atoms. The highest BCUT2D eigenvalue weighted by molar-refractivity contribution is 5.82. The van der Waals surface area contributed by atoms with Gasteiger partial charge in [0.25, 0.3) is 0 Å². The first-order chi connectivity index (χ1) is 5.96. The second-order valence-corrected chi connectivity index (χ2v) is 4.76. The molecule has 0 aliphatic carbocycles. The zero-order valence-electron chi connectivity index (χ0n) is 8.93. The van der Waals surface area contributed by atoms with Gasteiger partial charge in [-0.3, -0.25) is 10.3 Å². The second kappa shape index (κ2) is 3.66. The van der Waals surface area contributed by atoms with Crippen molar-refractivity contribution in [3.8, 4) is 0 Å². The zero-order chi connectivity index (χ0) is 10.1. The minimum Gasteiger partial charge on any atom is -0.386 e. The van der Waals surface area contributed by atoms with Crippen LogP contribution in [0.3, 0.4) is 0 Å². The number of hydrogen-bond donors (Lipinski definition) is 2. The summed E-state index contributed by atoms with van der Waals surface area (Å²) in [5.74, 6) is 0.320. The zero-order valence-corrected chi connectivity index (χ0v) is 8.93. The van der Waals surface area contributed by atoms with Crippen molar-refractivity contribution in [2.45, 2.75) is 39.7 Å². The van der Waals surface area contributed by atoms with E-state index in [1.54, 1.807) is 0 Å². The van der Waals surface area contributed by atoms with Crippen LogP contribution in [-0.4, -0.2) is 29.9 Å². The maximum atomic E-state index is 7.48. The molecule has 0 radical (unpaired) electrons. The molecule has 0 amide bonds. The van der Waals surface area contributed by atoms with Gasteiger partial charge in [-0.2, -0.15) is 0 Å². The predicted molar refractivity (Wildman–Crippen MR) is 56.0 cm³/mol. The van der Waals surface area contributed by atoms with Gasteiger partial charge in [-0.15, -0.1) is 0 Å². The lowest BCUT2D eigenvalue weighted by atomic mass is 9.93. The summed E-state index contributed by atoms with van der Waals surface area (Å²) in [6.07, 6.45) is 2.17. The van der Waals surface area contributed by atoms with Crippen molar-refractivity contribution in [3.05, 3.63) is 0 Å². The van der Waals surface area contributed by atoms with Crippen molar-refractivity contribution in [3.63, 3.8) is 0 Å². The van der Waals surface area contributed by atoms with E-state index in [-0.39, 0.29) is 6.04 Å². The van der Waals surface area contributed by atoms with Crippen LogP contribution in [0.25, 0.3) is 0 Å². The van der Waals surface area contributed by atoms with Gasteiger partial charge in [0, 0.05) is 6.54 Å². The largest absolute Gasteiger partial charge is 0.386 e. The maximum Gasteiger partial charge on any atom is 0.108 e. The fourth-order valence-corrected chi connectivity index (χ4v) is 2.10. The van der Waals surface area contributed by atoms with Gasteiger partial charge in [-0.1, -0.05) is 20.8 Å². The molecule has 0 bridgehead atoms. The Morgan fingerprint density at radius 1 is 1.62 bits per heavy atom. The fourth-order valence-electron chi connectivity index (χ4n) is 2.10. The summed E-state index contributed by atoms with van der Waals surface area (Å²) in [6, 6.07) is 0.168. The van der Waals surface area contributed by atoms with Gasteiger partial charge in [0.1, 0.15) is 5.84 Å². The van der Waals surface area contributed by atoms with E-state index in [1.807, 2.05) is 0 Å². The number of nitrogens with zero attached hydrogens (tertiary/aromatic N) is 1. The summed E-state index contributed by atoms with van der Waals surface area (Å²) in [5.41, 5.74) is 5.96. The summed E-state index contributed by atoms with van der Waals surface area (Å²) < 4.78 is 0. The molecule has 0 spiro atoms. The van der Waals surface area contributed by atoms with Crippen LogP contribution in [-0.2, 0) is 0 Å². The lowest BCUT2D eigenvalue weighted by Gasteiger charge is -2.27. The van der Waals surface area contributed by atoms with Gasteiger partial charge in [-0.25, -0.2) is 0 Å². The standard InChI is InChI=1S/C10H21N3/c1-4-8(9(11)12)13-6-5-10(2,3)7-13/h8H,4-7H2,1-3H3,(H3,11,12). The van der Waals surface area contributed by atoms with Gasteiger partial charge in [0.2, 0.25) is 0 Å². The molecular formula is C10H21N3. The number of nitrogens with one attached hydrogen (secondary N) is 1. The predicted octanol–water partition coefficient (Wildman–Crippen LogP) is 1.43. The molecule has 0 aromatic heterocycles. The van der Waals surface area contributed by atoms with Crippen molar-refractivity contribution in [2.75, 3.05) is 13.1 Å². The molecule has 1 saturated heterocycles. The Balaban J connectivity index is 2.58. The molecule has 1 unspecified atom stereocenters. The number of hydrogen-bond acceptors (Lipinski definition) is 2. The highest BCUT2D eigenvalue weighted by atomic mass is 15.2. The van der Waals surface area contributed by atoms with E-state index in [4.69, 9.17) is 11.1 Å². The molecule has 1 aliphatic heterocycles. The summed E-state index contributed by atoms with van der Waals surface area (Å²) in [5, 5.41) is 7.48. The van der Waals surface area contributed by atoms with Gasteiger partial charge in [0.15, 0.2) is 0 Å². The Hall–Kier alpha value is -0.570. The van der Waals surface area contributed by atoms with Gasteiger partial charge >= 0.3 is 0 Å². The Kier molecular flexibility index (Phi) is 2.96. The van der Waals surface area contributed by atoms with E-state index in [0.717, 1.165) is 19.5 Å². The van der Waals surface area contributed by atoms with Crippen LogP contribution >= 0.6 is 0 Å². The van der Waals surface area contributed by atoms with Crippen molar-refractivity contribution in [1.29, 1.82) is 5.41 Å². The summed E-state index contributed by atoms with van der Waals surface area (Å²) in [4.78, 5) is 2.34. The molecular weight excluding hydrogens is 162 g/mol. The fraction of sp³-hybridized carbons (Fsp3) is 0.900. The maximum absolute atomic E-state index is 7.48. The quantitative estimate of drug-likeness (QED) is 0.514. The molecule has 3 N–H and O–H groups in total. The van der Waals surface area contributed by atoms with Crippen LogP contribution < -0.4 is 5.73 Å². The average Bonchev–Trinajstić information content (AvgIpc) is 2.31. The third kappa shape index (κ3) is 2.44. The highest BCUT2D eigenvalue weighted by Crippen LogP contribution is 2.30. The molecule has 76 valence electrons. The number of amidine groups is 1. The van der Waals surface area contributed by atoms with Gasteiger partial charge in [0.05, 0.1) is 6.04 Å². The Labute approximate surface area is 80.8 Å². The first-order valence-corrected chi connectivity index (χ1v) is 5.04. The number of nitrogens with two attached hydrogens (primary N) is 1. The van der Waals surface area contributed by atoms with E-state index in [9.17, 15) is 0 Å². The first kappa shape index (κ1) is 10.5. The molecule has 3 nitrogen and oxygen atoms in total. The van der Waals surface area contributed by atoms with E-state index in [0.29, 0.717) is 11.3 Å².